The van der Waals surface area contributed by atoms with E-state index in [1.807, 2.05) is 24.3 Å². The zero-order valence-corrected chi connectivity index (χ0v) is 12.9. The molecule has 0 bridgehead atoms. The first-order chi connectivity index (χ1) is 8.04. The summed E-state index contributed by atoms with van der Waals surface area (Å²) in [7, 11) is 1.61. The van der Waals surface area contributed by atoms with Crippen LogP contribution in [0.5, 0.6) is 5.75 Å². The van der Waals surface area contributed by atoms with E-state index in [2.05, 4.69) is 6.07 Å². The van der Waals surface area contributed by atoms with Gasteiger partial charge in [-0.25, -0.2) is 0 Å². The van der Waals surface area contributed by atoms with Crippen LogP contribution in [0.3, 0.4) is 0 Å². The van der Waals surface area contributed by atoms with Gasteiger partial charge in [0.2, 0.25) is 0 Å². The van der Waals surface area contributed by atoms with E-state index in [9.17, 15) is 4.79 Å². The Morgan fingerprint density at radius 1 is 1.65 bits per heavy atom. The molecule has 0 heterocycles. The van der Waals surface area contributed by atoms with Crippen molar-refractivity contribution in [2.24, 2.45) is 5.92 Å². The Morgan fingerprint density at radius 2 is 2.35 bits per heavy atom. The summed E-state index contributed by atoms with van der Waals surface area (Å²) in [6.45, 7) is 1.70. The number of aliphatic carboxylic acids is 1. The van der Waals surface area contributed by atoms with E-state index in [0.717, 1.165) is 33.3 Å². The van der Waals surface area contributed by atoms with Crippen molar-refractivity contribution >= 4 is 16.2 Å². The maximum atomic E-state index is 10.8. The van der Waals surface area contributed by atoms with Crippen LogP contribution in [0.2, 0.25) is 0 Å². The van der Waals surface area contributed by atoms with E-state index in [4.69, 9.17) is 9.84 Å². The van der Waals surface area contributed by atoms with Crippen LogP contribution in [0.25, 0.3) is 6.08 Å². The van der Waals surface area contributed by atoms with Crippen LogP contribution in [0.15, 0.2) is 24.3 Å². The number of carbonyl (C=O) groups is 1. The predicted octanol–water partition coefficient (Wildman–Crippen LogP) is 1.95. The topological polar surface area (TPSA) is 46.5 Å². The molecule has 0 aliphatic rings. The number of ether oxygens (including phenoxy) is 1. The van der Waals surface area contributed by atoms with E-state index in [1.165, 1.54) is 0 Å². The van der Waals surface area contributed by atoms with Gasteiger partial charge in [-0.3, -0.25) is 0 Å². The molecule has 0 aliphatic carbocycles. The van der Waals surface area contributed by atoms with Gasteiger partial charge in [0, 0.05) is 0 Å². The molecule has 0 spiro atoms. The molecule has 3 nitrogen and oxygen atoms in total. The molecular weight excluding hydrogens is 270 g/mol. The average Bonchev–Trinajstić information content (AvgIpc) is 2.35. The maximum absolute atomic E-state index is 10.8. The molecule has 0 saturated carbocycles. The van der Waals surface area contributed by atoms with Crippen LogP contribution in [-0.2, 0) is 22.6 Å². The van der Waals surface area contributed by atoms with Crippen LogP contribution >= 0.6 is 0 Å². The summed E-state index contributed by atoms with van der Waals surface area (Å²) in [5, 5.41) is 8.87. The van der Waals surface area contributed by atoms with Crippen LogP contribution in [0, 0.1) is 12.0 Å². The molecule has 0 fully saturated rings. The SMILES string of the molecule is COc1cc[c-]c(/C=C\[C](=[Zn])C(C)C(=O)O)c1. The standard InChI is InChI=1S/C13H13O3.Zn/c1-10(13(14)15)5-3-6-11-7-4-8-12(9-11)16-2;/h3-4,6,8-10H,1-2H3,(H,14,15);/q-1;/b6-3-;. The number of carboxylic acid groups (broad SMARTS) is 1. The number of benzene rings is 1. The first kappa shape index (κ1) is 13.8. The predicted molar refractivity (Wildman–Crippen MR) is 62.7 cm³/mol. The van der Waals surface area contributed by atoms with Gasteiger partial charge in [0.05, 0.1) is 0 Å². The van der Waals surface area contributed by atoms with Gasteiger partial charge in [-0.2, -0.15) is 0 Å². The third-order valence-corrected chi connectivity index (χ3v) is 4.21. The number of carboxylic acids is 1. The Kier molecular flexibility index (Phi) is 5.24. The summed E-state index contributed by atoms with van der Waals surface area (Å²) in [6, 6.07) is 8.51. The summed E-state index contributed by atoms with van der Waals surface area (Å²) in [6.07, 6.45) is 3.71. The quantitative estimate of drug-likeness (QED) is 0.663. The summed E-state index contributed by atoms with van der Waals surface area (Å²) in [5.74, 6) is -0.439. The first-order valence-electron chi connectivity index (χ1n) is 5.20. The molecule has 0 aromatic heterocycles. The Balaban J connectivity index is 2.76. The van der Waals surface area contributed by atoms with E-state index in [1.54, 1.807) is 20.1 Å². The summed E-state index contributed by atoms with van der Waals surface area (Å²) in [4.78, 5) is 10.8. The fraction of sp³-hybridized carbons (Fsp3) is 0.231. The van der Waals surface area contributed by atoms with E-state index < -0.39 is 11.9 Å². The Hall–Kier alpha value is -1.28. The first-order valence-corrected chi connectivity index (χ1v) is 6.68. The molecule has 0 aliphatic heterocycles. The van der Waals surface area contributed by atoms with Crippen molar-refractivity contribution < 1.29 is 32.5 Å². The number of rotatable bonds is 5. The average molecular weight is 283 g/mol. The molecule has 4 heteroatoms. The molecule has 17 heavy (non-hydrogen) atoms. The van der Waals surface area contributed by atoms with Crippen molar-refractivity contribution in [1.29, 1.82) is 0 Å². The van der Waals surface area contributed by atoms with E-state index >= 15 is 0 Å². The zero-order valence-electron chi connectivity index (χ0n) is 9.93. The Bertz CT molecular complexity index is 452. The second kappa shape index (κ2) is 6.46. The van der Waals surface area contributed by atoms with Gasteiger partial charge in [0.1, 0.15) is 0 Å². The van der Waals surface area contributed by atoms with Crippen LogP contribution in [0.4, 0.5) is 0 Å². The van der Waals surface area contributed by atoms with Crippen molar-refractivity contribution in [2.75, 3.05) is 7.11 Å². The molecule has 1 unspecified atom stereocenters. The molecule has 1 atom stereocenters. The van der Waals surface area contributed by atoms with Crippen LogP contribution < -0.4 is 4.74 Å². The second-order valence-electron chi connectivity index (χ2n) is 3.65. The van der Waals surface area contributed by atoms with Crippen LogP contribution in [0.1, 0.15) is 12.5 Å². The van der Waals surface area contributed by atoms with Gasteiger partial charge in [-0.15, -0.1) is 0 Å². The fourth-order valence-corrected chi connectivity index (χ4v) is 1.80. The van der Waals surface area contributed by atoms with Gasteiger partial charge in [0.25, 0.3) is 0 Å². The fourth-order valence-electron chi connectivity index (χ4n) is 1.19. The van der Waals surface area contributed by atoms with Crippen molar-refractivity contribution in [2.45, 2.75) is 6.92 Å². The third kappa shape index (κ3) is 4.24. The zero-order chi connectivity index (χ0) is 12.8. The van der Waals surface area contributed by atoms with E-state index in [-0.39, 0.29) is 0 Å². The summed E-state index contributed by atoms with van der Waals surface area (Å²) in [5.41, 5.74) is 0.882. The number of hydrogen-bond donors (Lipinski definition) is 1. The summed E-state index contributed by atoms with van der Waals surface area (Å²) >= 11 is 0.841. The number of allylic oxidation sites excluding steroid dienone is 1. The number of methoxy groups -OCH3 is 1. The van der Waals surface area contributed by atoms with Gasteiger partial charge in [0.15, 0.2) is 0 Å². The van der Waals surface area contributed by atoms with Gasteiger partial charge >= 0.3 is 110 Å². The number of hydrogen-bond acceptors (Lipinski definition) is 2. The molecular formula is C13H13O3Zn-. The van der Waals surface area contributed by atoms with E-state index in [0.29, 0.717) is 0 Å². The molecule has 1 aromatic carbocycles. The monoisotopic (exact) mass is 281 g/mol. The minimum atomic E-state index is -0.787. The van der Waals surface area contributed by atoms with Crippen molar-refractivity contribution in [3.63, 3.8) is 0 Å². The summed E-state index contributed by atoms with van der Waals surface area (Å²) < 4.78 is 6.03. The third-order valence-electron chi connectivity index (χ3n) is 2.43. The second-order valence-corrected chi connectivity index (χ2v) is 5.37. The molecule has 1 N–H and O–H groups in total. The van der Waals surface area contributed by atoms with Gasteiger partial charge in [-0.1, -0.05) is 0 Å². The minimum absolute atomic E-state index is 0.420. The Morgan fingerprint density at radius 3 is 2.94 bits per heavy atom. The van der Waals surface area contributed by atoms with Gasteiger partial charge < -0.3 is 0 Å². The molecule has 86 valence electrons. The van der Waals surface area contributed by atoms with Gasteiger partial charge in [-0.05, 0) is 0 Å². The van der Waals surface area contributed by atoms with Crippen molar-refractivity contribution in [3.05, 3.63) is 35.9 Å². The Labute approximate surface area is 110 Å². The molecule has 0 amide bonds. The molecule has 0 radical (unpaired) electrons. The molecule has 1 rings (SSSR count). The van der Waals surface area contributed by atoms with Crippen molar-refractivity contribution in [3.8, 4) is 5.75 Å². The van der Waals surface area contributed by atoms with Crippen molar-refractivity contribution in [1.82, 2.24) is 0 Å². The molecule has 0 saturated heterocycles. The normalized spacial score (nSPS) is 12.5. The van der Waals surface area contributed by atoms with Crippen LogP contribution in [-0.4, -0.2) is 22.3 Å². The molecule has 1 aromatic rings.